The topological polar surface area (TPSA) is 0 Å². The summed E-state index contributed by atoms with van der Waals surface area (Å²) in [5.74, 6) is 0.737. The first kappa shape index (κ1) is 10.6. The summed E-state index contributed by atoms with van der Waals surface area (Å²) in [6, 6.07) is 12.1. The van der Waals surface area contributed by atoms with Crippen LogP contribution in [0.25, 0.3) is 16.8 Å². The van der Waals surface area contributed by atoms with Crippen molar-refractivity contribution in [3.8, 4) is 0 Å². The van der Waals surface area contributed by atoms with Crippen LogP contribution in [0.5, 0.6) is 0 Å². The van der Waals surface area contributed by atoms with Gasteiger partial charge in [0.25, 0.3) is 0 Å². The van der Waals surface area contributed by atoms with Crippen molar-refractivity contribution in [2.45, 2.75) is 0 Å². The molecule has 0 spiro atoms. The van der Waals surface area contributed by atoms with E-state index in [9.17, 15) is 0 Å². The van der Waals surface area contributed by atoms with Crippen LogP contribution in [-0.4, -0.2) is 5.75 Å². The molecule has 0 atom stereocenters. The first-order valence-electron chi connectivity index (χ1n) is 4.77. The van der Waals surface area contributed by atoms with Gasteiger partial charge in [0.1, 0.15) is 0 Å². The largest absolute Gasteiger partial charge is 0.175 e. The predicted molar refractivity (Wildman–Crippen MR) is 71.8 cm³/mol. The summed E-state index contributed by atoms with van der Waals surface area (Å²) in [7, 11) is 0. The Kier molecular flexibility index (Phi) is 3.34. The number of fused-ring (bicyclic) bond motifs is 1. The van der Waals surface area contributed by atoms with Crippen LogP contribution in [0.1, 0.15) is 5.56 Å². The molecular formula is C13H11ClS. The van der Waals surface area contributed by atoms with E-state index in [1.807, 2.05) is 24.3 Å². The summed E-state index contributed by atoms with van der Waals surface area (Å²) < 4.78 is 0. The molecule has 2 aromatic rings. The minimum Gasteiger partial charge on any atom is -0.175 e. The van der Waals surface area contributed by atoms with E-state index >= 15 is 0 Å². The molecule has 76 valence electrons. The highest BCUT2D eigenvalue weighted by Crippen LogP contribution is 2.27. The zero-order valence-electron chi connectivity index (χ0n) is 8.15. The molecule has 0 amide bonds. The third-order valence-corrected chi connectivity index (χ3v) is 2.81. The van der Waals surface area contributed by atoms with Gasteiger partial charge < -0.3 is 0 Å². The average Bonchev–Trinajstić information content (AvgIpc) is 2.26. The summed E-state index contributed by atoms with van der Waals surface area (Å²) in [6.45, 7) is 0. The van der Waals surface area contributed by atoms with E-state index in [0.29, 0.717) is 0 Å². The lowest BCUT2D eigenvalue weighted by Crippen LogP contribution is -1.79. The maximum atomic E-state index is 6.19. The molecule has 0 unspecified atom stereocenters. The van der Waals surface area contributed by atoms with E-state index in [4.69, 9.17) is 11.6 Å². The minimum atomic E-state index is 0.737. The maximum absolute atomic E-state index is 6.19. The van der Waals surface area contributed by atoms with Gasteiger partial charge in [-0.15, -0.1) is 0 Å². The van der Waals surface area contributed by atoms with E-state index in [0.717, 1.165) is 21.7 Å². The molecule has 2 aromatic carbocycles. The molecule has 0 fully saturated rings. The van der Waals surface area contributed by atoms with Crippen molar-refractivity contribution in [3.05, 3.63) is 53.1 Å². The van der Waals surface area contributed by atoms with Crippen LogP contribution < -0.4 is 0 Å². The average molecular weight is 235 g/mol. The molecule has 0 saturated heterocycles. The first-order valence-corrected chi connectivity index (χ1v) is 5.78. The zero-order valence-corrected chi connectivity index (χ0v) is 9.80. The smallest absolute Gasteiger partial charge is 0.0490 e. The van der Waals surface area contributed by atoms with Crippen LogP contribution in [0, 0.1) is 0 Å². The number of hydrogen-bond donors (Lipinski definition) is 1. The highest BCUT2D eigenvalue weighted by molar-refractivity contribution is 7.80. The fourth-order valence-electron chi connectivity index (χ4n) is 1.64. The lowest BCUT2D eigenvalue weighted by Gasteiger charge is -2.04. The van der Waals surface area contributed by atoms with E-state index in [1.165, 1.54) is 5.39 Å². The summed E-state index contributed by atoms with van der Waals surface area (Å²) in [5, 5.41) is 3.08. The van der Waals surface area contributed by atoms with Crippen LogP contribution in [0.3, 0.4) is 0 Å². The number of rotatable bonds is 2. The molecule has 0 aliphatic carbocycles. The maximum Gasteiger partial charge on any atom is 0.0490 e. The normalized spacial score (nSPS) is 11.3. The second-order valence-electron chi connectivity index (χ2n) is 3.27. The SMILES string of the molecule is SCC=Cc1cccc2cccc(Cl)c12. The lowest BCUT2D eigenvalue weighted by atomic mass is 10.0. The number of hydrogen-bond acceptors (Lipinski definition) is 1. The van der Waals surface area contributed by atoms with Crippen molar-refractivity contribution in [2.24, 2.45) is 0 Å². The molecule has 2 heteroatoms. The Balaban J connectivity index is 2.68. The van der Waals surface area contributed by atoms with Crippen molar-refractivity contribution in [2.75, 3.05) is 5.75 Å². The highest BCUT2D eigenvalue weighted by atomic mass is 35.5. The Bertz CT molecular complexity index is 498. The molecule has 0 aliphatic rings. The van der Waals surface area contributed by atoms with Gasteiger partial charge in [0.2, 0.25) is 0 Å². The van der Waals surface area contributed by atoms with Gasteiger partial charge >= 0.3 is 0 Å². The molecule has 0 radical (unpaired) electrons. The molecule has 0 N–H and O–H groups in total. The van der Waals surface area contributed by atoms with Gasteiger partial charge in [-0.2, -0.15) is 12.6 Å². The number of benzene rings is 2. The highest BCUT2D eigenvalue weighted by Gasteiger charge is 2.01. The second-order valence-corrected chi connectivity index (χ2v) is 4.04. The van der Waals surface area contributed by atoms with E-state index < -0.39 is 0 Å². The summed E-state index contributed by atoms with van der Waals surface area (Å²) in [5.41, 5.74) is 1.15. The standard InChI is InChI=1S/C13H11ClS/c14-12-8-2-6-10-4-1-5-11(13(10)12)7-3-9-15/h1-8,15H,9H2. The van der Waals surface area contributed by atoms with Gasteiger partial charge in [0.15, 0.2) is 0 Å². The van der Waals surface area contributed by atoms with Crippen LogP contribution in [0.4, 0.5) is 0 Å². The van der Waals surface area contributed by atoms with Crippen LogP contribution in [0.15, 0.2) is 42.5 Å². The van der Waals surface area contributed by atoms with E-state index in [2.05, 4.69) is 36.9 Å². The van der Waals surface area contributed by atoms with Crippen molar-refractivity contribution in [1.29, 1.82) is 0 Å². The fraction of sp³-hybridized carbons (Fsp3) is 0.0769. The predicted octanol–water partition coefficient (Wildman–Crippen LogP) is 4.44. The Morgan fingerprint density at radius 2 is 1.87 bits per heavy atom. The second kappa shape index (κ2) is 4.73. The number of halogens is 1. The van der Waals surface area contributed by atoms with Gasteiger partial charge in [-0.25, -0.2) is 0 Å². The molecule has 0 bridgehead atoms. The molecule has 0 aromatic heterocycles. The van der Waals surface area contributed by atoms with Gasteiger partial charge in [0, 0.05) is 16.2 Å². The van der Waals surface area contributed by atoms with Crippen LogP contribution in [0.2, 0.25) is 5.02 Å². The van der Waals surface area contributed by atoms with Crippen molar-refractivity contribution >= 4 is 41.1 Å². The van der Waals surface area contributed by atoms with Crippen molar-refractivity contribution in [1.82, 2.24) is 0 Å². The Labute approximate surface area is 100.0 Å². The molecule has 0 aliphatic heterocycles. The van der Waals surface area contributed by atoms with Gasteiger partial charge in [-0.3, -0.25) is 0 Å². The summed E-state index contributed by atoms with van der Waals surface area (Å²) in [6.07, 6.45) is 4.07. The van der Waals surface area contributed by atoms with Crippen LogP contribution >= 0.6 is 24.2 Å². The Morgan fingerprint density at radius 3 is 2.60 bits per heavy atom. The van der Waals surface area contributed by atoms with Crippen molar-refractivity contribution in [3.63, 3.8) is 0 Å². The Hall–Kier alpha value is -0.920. The first-order chi connectivity index (χ1) is 7.33. The third-order valence-electron chi connectivity index (χ3n) is 2.29. The molecule has 2 rings (SSSR count). The van der Waals surface area contributed by atoms with Gasteiger partial charge in [-0.05, 0) is 17.0 Å². The van der Waals surface area contributed by atoms with Gasteiger partial charge in [0.05, 0.1) is 0 Å². The third kappa shape index (κ3) is 2.19. The van der Waals surface area contributed by atoms with Crippen LogP contribution in [-0.2, 0) is 0 Å². The number of thiol groups is 1. The quantitative estimate of drug-likeness (QED) is 0.730. The minimum absolute atomic E-state index is 0.737. The summed E-state index contributed by atoms with van der Waals surface area (Å²) in [4.78, 5) is 0. The van der Waals surface area contributed by atoms with E-state index in [1.54, 1.807) is 0 Å². The fourth-order valence-corrected chi connectivity index (χ4v) is 2.04. The lowest BCUT2D eigenvalue weighted by molar-refractivity contribution is 1.70. The molecule has 0 nitrogen and oxygen atoms in total. The molecule has 15 heavy (non-hydrogen) atoms. The summed E-state index contributed by atoms with van der Waals surface area (Å²) >= 11 is 10.3. The molecule has 0 saturated carbocycles. The monoisotopic (exact) mass is 234 g/mol. The molecule has 0 heterocycles. The zero-order chi connectivity index (χ0) is 10.7. The molecular weight excluding hydrogens is 224 g/mol. The van der Waals surface area contributed by atoms with E-state index in [-0.39, 0.29) is 0 Å². The van der Waals surface area contributed by atoms with Crippen molar-refractivity contribution < 1.29 is 0 Å². The van der Waals surface area contributed by atoms with Gasteiger partial charge in [-0.1, -0.05) is 54.1 Å². The Morgan fingerprint density at radius 1 is 1.13 bits per heavy atom.